The average Bonchev–Trinajstić information content (AvgIpc) is 2.38. The minimum absolute atomic E-state index is 0.139. The highest BCUT2D eigenvalue weighted by Crippen LogP contribution is 2.45. The van der Waals surface area contributed by atoms with Gasteiger partial charge in [0.25, 0.3) is 0 Å². The Labute approximate surface area is 123 Å². The lowest BCUT2D eigenvalue weighted by molar-refractivity contribution is -0.0204. The van der Waals surface area contributed by atoms with Gasteiger partial charge in [-0.25, -0.2) is 4.79 Å². The van der Waals surface area contributed by atoms with E-state index in [9.17, 15) is 4.79 Å². The third kappa shape index (κ3) is 3.46. The van der Waals surface area contributed by atoms with Gasteiger partial charge in [-0.3, -0.25) is 0 Å². The number of piperidine rings is 2. The molecular weight excluding hydrogens is 252 g/mol. The SMILES string of the molecule is CCC1CN(C(=O)OC(C)(C)C)CCC12CCNCC2. The van der Waals surface area contributed by atoms with Gasteiger partial charge in [-0.15, -0.1) is 0 Å². The van der Waals surface area contributed by atoms with E-state index in [4.69, 9.17) is 4.74 Å². The second-order valence-electron chi connectivity index (χ2n) is 7.39. The van der Waals surface area contributed by atoms with Gasteiger partial charge < -0.3 is 15.0 Å². The van der Waals surface area contributed by atoms with E-state index in [0.29, 0.717) is 11.3 Å². The van der Waals surface area contributed by atoms with Crippen LogP contribution in [-0.4, -0.2) is 42.8 Å². The van der Waals surface area contributed by atoms with Gasteiger partial charge in [0.05, 0.1) is 0 Å². The van der Waals surface area contributed by atoms with Gasteiger partial charge in [0.1, 0.15) is 5.60 Å². The Bertz CT molecular complexity index is 343. The molecule has 0 aliphatic carbocycles. The molecule has 0 bridgehead atoms. The molecule has 2 saturated heterocycles. The van der Waals surface area contributed by atoms with Crippen LogP contribution in [0.1, 0.15) is 53.4 Å². The van der Waals surface area contributed by atoms with Gasteiger partial charge in [-0.1, -0.05) is 13.3 Å². The summed E-state index contributed by atoms with van der Waals surface area (Å²) in [5.74, 6) is 0.617. The highest BCUT2D eigenvalue weighted by Gasteiger charge is 2.44. The number of nitrogens with one attached hydrogen (secondary N) is 1. The molecule has 2 aliphatic rings. The molecule has 0 aromatic rings. The maximum Gasteiger partial charge on any atom is 0.410 e. The Kier molecular flexibility index (Phi) is 4.62. The lowest BCUT2D eigenvalue weighted by Gasteiger charge is -2.50. The van der Waals surface area contributed by atoms with Gasteiger partial charge in [0.15, 0.2) is 0 Å². The molecular formula is C16H30N2O2. The topological polar surface area (TPSA) is 41.6 Å². The first-order valence-corrected chi connectivity index (χ1v) is 8.05. The van der Waals surface area contributed by atoms with Crippen LogP contribution in [0, 0.1) is 11.3 Å². The van der Waals surface area contributed by atoms with Crippen LogP contribution in [-0.2, 0) is 4.74 Å². The smallest absolute Gasteiger partial charge is 0.410 e. The summed E-state index contributed by atoms with van der Waals surface area (Å²) in [5.41, 5.74) is 0.0567. The molecule has 2 aliphatic heterocycles. The van der Waals surface area contributed by atoms with E-state index in [1.54, 1.807) is 0 Å². The quantitative estimate of drug-likeness (QED) is 0.804. The van der Waals surface area contributed by atoms with E-state index >= 15 is 0 Å². The zero-order chi connectivity index (χ0) is 14.8. The molecule has 1 amide bonds. The van der Waals surface area contributed by atoms with Crippen molar-refractivity contribution in [2.45, 2.75) is 59.0 Å². The highest BCUT2D eigenvalue weighted by molar-refractivity contribution is 5.68. The van der Waals surface area contributed by atoms with Crippen LogP contribution in [0.15, 0.2) is 0 Å². The van der Waals surface area contributed by atoms with Gasteiger partial charge in [-0.05, 0) is 64.5 Å². The van der Waals surface area contributed by atoms with Crippen LogP contribution in [0.5, 0.6) is 0 Å². The summed E-state index contributed by atoms with van der Waals surface area (Å²) in [6.45, 7) is 12.0. The molecule has 1 spiro atoms. The fourth-order valence-corrected chi connectivity index (χ4v) is 3.75. The standard InChI is InChI=1S/C16H30N2O2/c1-5-13-12-18(14(19)20-15(2,3)4)11-8-16(13)6-9-17-10-7-16/h13,17H,5-12H2,1-4H3. The summed E-state index contributed by atoms with van der Waals surface area (Å²) in [4.78, 5) is 14.2. The highest BCUT2D eigenvalue weighted by atomic mass is 16.6. The molecule has 0 aromatic heterocycles. The summed E-state index contributed by atoms with van der Waals surface area (Å²) >= 11 is 0. The van der Waals surface area contributed by atoms with Gasteiger partial charge in [0, 0.05) is 13.1 Å². The lowest BCUT2D eigenvalue weighted by Crippen LogP contribution is -2.53. The van der Waals surface area contributed by atoms with Crippen LogP contribution in [0.3, 0.4) is 0 Å². The summed E-state index contributed by atoms with van der Waals surface area (Å²) < 4.78 is 5.52. The minimum atomic E-state index is -0.400. The van der Waals surface area contributed by atoms with Crippen molar-refractivity contribution < 1.29 is 9.53 Å². The van der Waals surface area contributed by atoms with Crippen molar-refractivity contribution in [3.63, 3.8) is 0 Å². The zero-order valence-electron chi connectivity index (χ0n) is 13.5. The van der Waals surface area contributed by atoms with E-state index in [2.05, 4.69) is 12.2 Å². The van der Waals surface area contributed by atoms with E-state index in [1.165, 1.54) is 12.8 Å². The van der Waals surface area contributed by atoms with Crippen molar-refractivity contribution in [1.29, 1.82) is 0 Å². The van der Waals surface area contributed by atoms with Crippen LogP contribution in [0.25, 0.3) is 0 Å². The number of likely N-dealkylation sites (tertiary alicyclic amines) is 1. The zero-order valence-corrected chi connectivity index (χ0v) is 13.5. The number of rotatable bonds is 1. The largest absolute Gasteiger partial charge is 0.444 e. The number of ether oxygens (including phenoxy) is 1. The number of hydrogen-bond donors (Lipinski definition) is 1. The fourth-order valence-electron chi connectivity index (χ4n) is 3.75. The molecule has 2 fully saturated rings. The van der Waals surface area contributed by atoms with Crippen LogP contribution in [0.4, 0.5) is 4.79 Å². The first-order valence-electron chi connectivity index (χ1n) is 8.05. The number of amides is 1. The minimum Gasteiger partial charge on any atom is -0.444 e. The molecule has 1 N–H and O–H groups in total. The molecule has 2 heterocycles. The van der Waals surface area contributed by atoms with Crippen molar-refractivity contribution in [3.05, 3.63) is 0 Å². The molecule has 20 heavy (non-hydrogen) atoms. The van der Waals surface area contributed by atoms with Gasteiger partial charge in [-0.2, -0.15) is 0 Å². The summed E-state index contributed by atoms with van der Waals surface area (Å²) in [6.07, 6.45) is 4.66. The normalized spacial score (nSPS) is 26.6. The van der Waals surface area contributed by atoms with Crippen molar-refractivity contribution in [2.24, 2.45) is 11.3 Å². The molecule has 1 unspecified atom stereocenters. The first kappa shape index (κ1) is 15.6. The molecule has 0 radical (unpaired) electrons. The predicted octanol–water partition coefficient (Wildman–Crippen LogP) is 3.02. The Morgan fingerprint density at radius 3 is 2.50 bits per heavy atom. The van der Waals surface area contributed by atoms with Crippen molar-refractivity contribution in [2.75, 3.05) is 26.2 Å². The van der Waals surface area contributed by atoms with Crippen LogP contribution < -0.4 is 5.32 Å². The lowest BCUT2D eigenvalue weighted by atomic mass is 9.64. The molecule has 4 nitrogen and oxygen atoms in total. The third-order valence-corrected chi connectivity index (χ3v) is 4.93. The summed E-state index contributed by atoms with van der Waals surface area (Å²) in [5, 5.41) is 3.46. The molecule has 0 aromatic carbocycles. The Balaban J connectivity index is 2.00. The summed E-state index contributed by atoms with van der Waals surface area (Å²) in [6, 6.07) is 0. The second kappa shape index (κ2) is 5.92. The van der Waals surface area contributed by atoms with E-state index in [-0.39, 0.29) is 6.09 Å². The van der Waals surface area contributed by atoms with Gasteiger partial charge in [0.2, 0.25) is 0 Å². The predicted molar refractivity (Wildman–Crippen MR) is 80.7 cm³/mol. The third-order valence-electron chi connectivity index (χ3n) is 4.93. The van der Waals surface area contributed by atoms with Crippen LogP contribution >= 0.6 is 0 Å². The van der Waals surface area contributed by atoms with Crippen molar-refractivity contribution >= 4 is 6.09 Å². The van der Waals surface area contributed by atoms with Crippen LogP contribution in [0.2, 0.25) is 0 Å². The molecule has 4 heteroatoms. The number of nitrogens with zero attached hydrogens (tertiary/aromatic N) is 1. The average molecular weight is 282 g/mol. The Morgan fingerprint density at radius 1 is 1.30 bits per heavy atom. The maximum absolute atomic E-state index is 12.2. The van der Waals surface area contributed by atoms with E-state index < -0.39 is 5.60 Å². The maximum atomic E-state index is 12.2. The number of carbonyl (C=O) groups is 1. The van der Waals surface area contributed by atoms with Crippen molar-refractivity contribution in [3.8, 4) is 0 Å². The van der Waals surface area contributed by atoms with E-state index in [0.717, 1.165) is 39.0 Å². The molecule has 1 atom stereocenters. The fraction of sp³-hybridized carbons (Fsp3) is 0.938. The second-order valence-corrected chi connectivity index (χ2v) is 7.39. The molecule has 2 rings (SSSR count). The molecule has 0 saturated carbocycles. The van der Waals surface area contributed by atoms with E-state index in [1.807, 2.05) is 25.7 Å². The summed E-state index contributed by atoms with van der Waals surface area (Å²) in [7, 11) is 0. The Morgan fingerprint density at radius 2 is 1.95 bits per heavy atom. The van der Waals surface area contributed by atoms with Crippen molar-refractivity contribution in [1.82, 2.24) is 10.2 Å². The van der Waals surface area contributed by atoms with Gasteiger partial charge >= 0.3 is 6.09 Å². The molecule has 116 valence electrons. The Hall–Kier alpha value is -0.770. The first-order chi connectivity index (χ1) is 9.36. The number of carbonyl (C=O) groups excluding carboxylic acids is 1. The number of hydrogen-bond acceptors (Lipinski definition) is 3. The monoisotopic (exact) mass is 282 g/mol.